The van der Waals surface area contributed by atoms with Crippen LogP contribution in [-0.2, 0) is 0 Å². The van der Waals surface area contributed by atoms with Gasteiger partial charge in [-0.1, -0.05) is 25.7 Å². The number of piperidine rings is 1. The fourth-order valence-electron chi connectivity index (χ4n) is 3.13. The highest BCUT2D eigenvalue weighted by molar-refractivity contribution is 4.84. The van der Waals surface area contributed by atoms with Crippen LogP contribution in [0.1, 0.15) is 44.9 Å². The van der Waals surface area contributed by atoms with Crippen molar-refractivity contribution in [3.63, 3.8) is 0 Å². The first kappa shape index (κ1) is 12.2. The zero-order valence-electron chi connectivity index (χ0n) is 9.52. The van der Waals surface area contributed by atoms with Gasteiger partial charge in [-0.15, -0.1) is 0 Å². The van der Waals surface area contributed by atoms with E-state index in [1.807, 2.05) is 0 Å². The lowest BCUT2D eigenvalue weighted by molar-refractivity contribution is -0.183. The summed E-state index contributed by atoms with van der Waals surface area (Å²) in [5.41, 5.74) is 0. The third-order valence-corrected chi connectivity index (χ3v) is 4.05. The number of rotatable bonds is 2. The molecule has 2 unspecified atom stereocenters. The van der Waals surface area contributed by atoms with Crippen molar-refractivity contribution in [1.29, 1.82) is 0 Å². The fourth-order valence-corrected chi connectivity index (χ4v) is 3.13. The van der Waals surface area contributed by atoms with E-state index in [2.05, 4.69) is 5.32 Å². The molecule has 1 saturated heterocycles. The lowest BCUT2D eigenvalue weighted by Crippen LogP contribution is -2.43. The smallest absolute Gasteiger partial charge is 0.314 e. The molecule has 16 heavy (non-hydrogen) atoms. The lowest BCUT2D eigenvalue weighted by Gasteiger charge is -2.32. The van der Waals surface area contributed by atoms with Gasteiger partial charge in [0.05, 0.1) is 5.92 Å². The Balaban J connectivity index is 1.81. The van der Waals surface area contributed by atoms with Crippen LogP contribution in [0.15, 0.2) is 0 Å². The summed E-state index contributed by atoms with van der Waals surface area (Å²) in [7, 11) is 0. The summed E-state index contributed by atoms with van der Waals surface area (Å²) in [4.78, 5) is 0. The molecule has 0 amide bonds. The second-order valence-corrected chi connectivity index (χ2v) is 5.30. The normalized spacial score (nSPS) is 33.2. The van der Waals surface area contributed by atoms with Crippen LogP contribution in [0.25, 0.3) is 0 Å². The zero-order chi connectivity index (χ0) is 11.6. The van der Waals surface area contributed by atoms with Gasteiger partial charge in [-0.2, -0.15) is 13.2 Å². The molecule has 1 heterocycles. The van der Waals surface area contributed by atoms with Crippen LogP contribution in [0.2, 0.25) is 0 Å². The number of halogens is 3. The third-order valence-electron chi connectivity index (χ3n) is 4.05. The minimum atomic E-state index is -3.99. The predicted octanol–water partition coefficient (Wildman–Crippen LogP) is 3.50. The van der Waals surface area contributed by atoms with Crippen LogP contribution in [0.3, 0.4) is 0 Å². The number of nitrogens with one attached hydrogen (secondary N) is 1. The maximum absolute atomic E-state index is 12.6. The number of hydrogen-bond donors (Lipinski definition) is 1. The van der Waals surface area contributed by atoms with Gasteiger partial charge in [0, 0.05) is 6.04 Å². The van der Waals surface area contributed by atoms with E-state index < -0.39 is 12.1 Å². The Morgan fingerprint density at radius 2 is 1.75 bits per heavy atom. The molecule has 0 aromatic rings. The summed E-state index contributed by atoms with van der Waals surface area (Å²) < 4.78 is 37.8. The quantitative estimate of drug-likeness (QED) is 0.772. The SMILES string of the molecule is FC(F)(F)C1CCNC(CC2CCCC2)C1. The minimum absolute atomic E-state index is 0.100. The van der Waals surface area contributed by atoms with Gasteiger partial charge in [0.25, 0.3) is 0 Å². The second kappa shape index (κ2) is 4.94. The van der Waals surface area contributed by atoms with E-state index in [-0.39, 0.29) is 12.5 Å². The van der Waals surface area contributed by atoms with Gasteiger partial charge < -0.3 is 5.32 Å². The Bertz CT molecular complexity index is 221. The van der Waals surface area contributed by atoms with E-state index in [1.54, 1.807) is 0 Å². The van der Waals surface area contributed by atoms with E-state index in [1.165, 1.54) is 25.7 Å². The highest BCUT2D eigenvalue weighted by Crippen LogP contribution is 2.37. The predicted molar refractivity (Wildman–Crippen MR) is 57.1 cm³/mol. The molecular formula is C12H20F3N. The topological polar surface area (TPSA) is 12.0 Å². The molecule has 2 aliphatic rings. The van der Waals surface area contributed by atoms with Gasteiger partial charge in [-0.25, -0.2) is 0 Å². The van der Waals surface area contributed by atoms with Crippen molar-refractivity contribution in [1.82, 2.24) is 5.32 Å². The Kier molecular flexibility index (Phi) is 3.77. The second-order valence-electron chi connectivity index (χ2n) is 5.30. The van der Waals surface area contributed by atoms with E-state index in [0.29, 0.717) is 18.9 Å². The molecule has 94 valence electrons. The maximum Gasteiger partial charge on any atom is 0.391 e. The van der Waals surface area contributed by atoms with Crippen molar-refractivity contribution < 1.29 is 13.2 Å². The van der Waals surface area contributed by atoms with E-state index in [4.69, 9.17) is 0 Å². The van der Waals surface area contributed by atoms with Crippen LogP contribution in [-0.4, -0.2) is 18.8 Å². The Morgan fingerprint density at radius 3 is 2.38 bits per heavy atom. The Hall–Kier alpha value is -0.250. The average molecular weight is 235 g/mol. The average Bonchev–Trinajstić information content (AvgIpc) is 2.70. The summed E-state index contributed by atoms with van der Waals surface area (Å²) in [6.07, 6.45) is 2.47. The molecule has 1 nitrogen and oxygen atoms in total. The third kappa shape index (κ3) is 3.12. The van der Waals surface area contributed by atoms with Crippen LogP contribution >= 0.6 is 0 Å². The summed E-state index contributed by atoms with van der Waals surface area (Å²) in [5, 5.41) is 3.25. The number of hydrogen-bond acceptors (Lipinski definition) is 1. The van der Waals surface area contributed by atoms with Crippen molar-refractivity contribution in [2.75, 3.05) is 6.54 Å². The molecule has 0 spiro atoms. The first-order chi connectivity index (χ1) is 7.55. The molecular weight excluding hydrogens is 215 g/mol. The highest BCUT2D eigenvalue weighted by Gasteiger charge is 2.42. The standard InChI is InChI=1S/C12H20F3N/c13-12(14,15)10-5-6-16-11(8-10)7-9-3-1-2-4-9/h9-11,16H,1-8H2. The summed E-state index contributed by atoms with van der Waals surface area (Å²) in [6.45, 7) is 0.529. The van der Waals surface area contributed by atoms with E-state index in [9.17, 15) is 13.2 Å². The largest absolute Gasteiger partial charge is 0.391 e. The summed E-state index contributed by atoms with van der Waals surface area (Å²) in [6, 6.07) is 0.100. The first-order valence-electron chi connectivity index (χ1n) is 6.36. The van der Waals surface area contributed by atoms with Gasteiger partial charge >= 0.3 is 6.18 Å². The van der Waals surface area contributed by atoms with Crippen molar-refractivity contribution in [3.05, 3.63) is 0 Å². The van der Waals surface area contributed by atoms with Gasteiger partial charge in [0.1, 0.15) is 0 Å². The molecule has 2 fully saturated rings. The van der Waals surface area contributed by atoms with Gasteiger partial charge in [-0.3, -0.25) is 0 Å². The number of alkyl halides is 3. The molecule has 0 aromatic carbocycles. The van der Waals surface area contributed by atoms with Crippen molar-refractivity contribution in [2.45, 2.75) is 57.2 Å². The van der Waals surface area contributed by atoms with E-state index >= 15 is 0 Å². The molecule has 0 aromatic heterocycles. The molecule has 1 aliphatic heterocycles. The van der Waals surface area contributed by atoms with Crippen molar-refractivity contribution in [2.24, 2.45) is 11.8 Å². The van der Waals surface area contributed by atoms with Crippen molar-refractivity contribution in [3.8, 4) is 0 Å². The summed E-state index contributed by atoms with van der Waals surface area (Å²) >= 11 is 0. The van der Waals surface area contributed by atoms with Gasteiger partial charge in [0.15, 0.2) is 0 Å². The van der Waals surface area contributed by atoms with Crippen LogP contribution < -0.4 is 5.32 Å². The minimum Gasteiger partial charge on any atom is -0.314 e. The fraction of sp³-hybridized carbons (Fsp3) is 1.00. The molecule has 4 heteroatoms. The molecule has 1 aliphatic carbocycles. The monoisotopic (exact) mass is 235 g/mol. The van der Waals surface area contributed by atoms with Crippen LogP contribution in [0, 0.1) is 11.8 Å². The highest BCUT2D eigenvalue weighted by atomic mass is 19.4. The van der Waals surface area contributed by atoms with Crippen LogP contribution in [0.5, 0.6) is 0 Å². The molecule has 2 atom stereocenters. The van der Waals surface area contributed by atoms with Gasteiger partial charge in [0.2, 0.25) is 0 Å². The maximum atomic E-state index is 12.6. The Morgan fingerprint density at radius 1 is 1.06 bits per heavy atom. The first-order valence-corrected chi connectivity index (χ1v) is 6.36. The lowest BCUT2D eigenvalue weighted by atomic mass is 9.86. The molecule has 0 radical (unpaired) electrons. The molecule has 0 bridgehead atoms. The van der Waals surface area contributed by atoms with Crippen LogP contribution in [0.4, 0.5) is 13.2 Å². The van der Waals surface area contributed by atoms with Gasteiger partial charge in [-0.05, 0) is 31.7 Å². The summed E-state index contributed by atoms with van der Waals surface area (Å²) in [5.74, 6) is -0.398. The Labute approximate surface area is 94.8 Å². The van der Waals surface area contributed by atoms with E-state index in [0.717, 1.165) is 6.42 Å². The molecule has 2 rings (SSSR count). The molecule has 1 saturated carbocycles. The zero-order valence-corrected chi connectivity index (χ0v) is 9.52. The van der Waals surface area contributed by atoms with Crippen molar-refractivity contribution >= 4 is 0 Å². The molecule has 1 N–H and O–H groups in total.